The summed E-state index contributed by atoms with van der Waals surface area (Å²) in [6, 6.07) is 3.07. The minimum atomic E-state index is -1.30. The summed E-state index contributed by atoms with van der Waals surface area (Å²) < 4.78 is 15.5. The average molecular weight is 409 g/mol. The van der Waals surface area contributed by atoms with Gasteiger partial charge in [-0.25, -0.2) is 0 Å². The molecule has 0 amide bonds. The fraction of sp³-hybridized carbons (Fsp3) is 0.500. The molecule has 0 aliphatic carbocycles. The molecule has 0 heterocycles. The molecule has 2 unspecified atom stereocenters. The summed E-state index contributed by atoms with van der Waals surface area (Å²) >= 11 is 0. The number of aliphatic carboxylic acids is 1. The van der Waals surface area contributed by atoms with Gasteiger partial charge in [0.25, 0.3) is 0 Å². The van der Waals surface area contributed by atoms with Crippen LogP contribution in [0, 0.1) is 0 Å². The van der Waals surface area contributed by atoms with Gasteiger partial charge in [0.15, 0.2) is 11.5 Å². The Morgan fingerprint density at radius 1 is 1.03 bits per heavy atom. The van der Waals surface area contributed by atoms with E-state index < -0.39 is 41.9 Å². The second-order valence-electron chi connectivity index (χ2n) is 6.49. The fourth-order valence-corrected chi connectivity index (χ4v) is 2.66. The largest absolute Gasteiger partial charge is 0.480 e. The molecule has 0 saturated heterocycles. The third-order valence-electron chi connectivity index (χ3n) is 4.09. The van der Waals surface area contributed by atoms with Gasteiger partial charge >= 0.3 is 23.9 Å². The summed E-state index contributed by atoms with van der Waals surface area (Å²) in [6.07, 6.45) is -0.257. The van der Waals surface area contributed by atoms with Gasteiger partial charge in [0.1, 0.15) is 6.04 Å². The normalized spacial score (nSPS) is 13.7. The van der Waals surface area contributed by atoms with Crippen LogP contribution in [0.4, 0.5) is 0 Å². The highest BCUT2D eigenvalue weighted by Crippen LogP contribution is 2.35. The maximum Gasteiger partial charge on any atom is 0.321 e. The van der Waals surface area contributed by atoms with E-state index in [2.05, 4.69) is 0 Å². The molecule has 0 fully saturated rings. The molecule has 9 nitrogen and oxygen atoms in total. The van der Waals surface area contributed by atoms with Gasteiger partial charge in [-0.05, 0) is 31.0 Å². The van der Waals surface area contributed by atoms with E-state index in [9.17, 15) is 24.3 Å². The van der Waals surface area contributed by atoms with Crippen molar-refractivity contribution in [1.29, 1.82) is 0 Å². The van der Waals surface area contributed by atoms with E-state index in [0.29, 0.717) is 5.56 Å². The van der Waals surface area contributed by atoms with Crippen LogP contribution < -0.4 is 15.2 Å². The highest BCUT2D eigenvalue weighted by Gasteiger charge is 2.29. The van der Waals surface area contributed by atoms with Crippen molar-refractivity contribution in [2.24, 2.45) is 5.73 Å². The van der Waals surface area contributed by atoms with Gasteiger partial charge in [0.05, 0.1) is 6.10 Å². The lowest BCUT2D eigenvalue weighted by Crippen LogP contribution is -2.38. The van der Waals surface area contributed by atoms with Gasteiger partial charge in [-0.2, -0.15) is 0 Å². The first-order chi connectivity index (χ1) is 13.6. The number of rotatable bonds is 10. The van der Waals surface area contributed by atoms with E-state index in [4.69, 9.17) is 19.9 Å². The second kappa shape index (κ2) is 11.2. The van der Waals surface area contributed by atoms with Crippen LogP contribution in [0.3, 0.4) is 0 Å². The minimum absolute atomic E-state index is 0.0149. The van der Waals surface area contributed by atoms with Gasteiger partial charge in [0, 0.05) is 25.7 Å². The van der Waals surface area contributed by atoms with Gasteiger partial charge in [-0.1, -0.05) is 19.9 Å². The van der Waals surface area contributed by atoms with Crippen molar-refractivity contribution in [3.8, 4) is 11.5 Å². The molecule has 1 rings (SSSR count). The van der Waals surface area contributed by atoms with E-state index >= 15 is 0 Å². The summed E-state index contributed by atoms with van der Waals surface area (Å²) in [4.78, 5) is 46.1. The molecule has 3 N–H and O–H groups in total. The summed E-state index contributed by atoms with van der Waals surface area (Å²) in [5.41, 5.74) is 6.30. The Morgan fingerprint density at radius 3 is 2.07 bits per heavy atom. The van der Waals surface area contributed by atoms with Crippen LogP contribution in [-0.2, 0) is 23.9 Å². The van der Waals surface area contributed by atoms with Crippen LogP contribution in [0.2, 0.25) is 0 Å². The lowest BCUT2D eigenvalue weighted by molar-refractivity contribution is -0.146. The number of esters is 3. The third kappa shape index (κ3) is 7.53. The van der Waals surface area contributed by atoms with Crippen molar-refractivity contribution in [1.82, 2.24) is 0 Å². The van der Waals surface area contributed by atoms with Crippen molar-refractivity contribution in [2.45, 2.75) is 65.0 Å². The van der Waals surface area contributed by atoms with E-state index in [1.54, 1.807) is 20.8 Å². The number of ether oxygens (including phenoxy) is 3. The van der Waals surface area contributed by atoms with Crippen LogP contribution in [-0.4, -0.2) is 41.1 Å². The van der Waals surface area contributed by atoms with E-state index in [0.717, 1.165) is 0 Å². The Bertz CT molecular complexity index is 761. The molecule has 0 aliphatic rings. The molecule has 0 aliphatic heterocycles. The Hall–Kier alpha value is -2.94. The van der Waals surface area contributed by atoms with Gasteiger partial charge in [0.2, 0.25) is 0 Å². The predicted octanol–water partition coefficient (Wildman–Crippen LogP) is 2.15. The molecular weight excluding hydrogens is 382 g/mol. The topological polar surface area (TPSA) is 142 Å². The van der Waals surface area contributed by atoms with Crippen LogP contribution in [0.1, 0.15) is 58.4 Å². The molecule has 29 heavy (non-hydrogen) atoms. The quantitative estimate of drug-likeness (QED) is 0.439. The molecule has 1 aromatic carbocycles. The molecule has 1 aromatic rings. The minimum Gasteiger partial charge on any atom is -0.480 e. The predicted molar refractivity (Wildman–Crippen MR) is 102 cm³/mol. The Balaban J connectivity index is 3.33. The molecule has 0 aromatic heterocycles. The highest BCUT2D eigenvalue weighted by molar-refractivity contribution is 5.77. The molecule has 9 heteroatoms. The highest BCUT2D eigenvalue weighted by atomic mass is 16.6. The smallest absolute Gasteiger partial charge is 0.321 e. The molecule has 0 bridgehead atoms. The zero-order valence-corrected chi connectivity index (χ0v) is 17.0. The average Bonchev–Trinajstić information content (AvgIpc) is 2.65. The summed E-state index contributed by atoms with van der Waals surface area (Å²) in [5, 5.41) is 9.38. The van der Waals surface area contributed by atoms with Crippen molar-refractivity contribution < 1.29 is 38.5 Å². The number of benzene rings is 1. The van der Waals surface area contributed by atoms with Crippen LogP contribution >= 0.6 is 0 Å². The fourth-order valence-electron chi connectivity index (χ4n) is 2.66. The number of hydrogen-bond donors (Lipinski definition) is 2. The lowest BCUT2D eigenvalue weighted by Gasteiger charge is -2.25. The number of carbonyl (C=O) groups excluding carboxylic acids is 3. The monoisotopic (exact) mass is 409 g/mol. The van der Waals surface area contributed by atoms with Crippen molar-refractivity contribution >= 4 is 23.9 Å². The lowest BCUT2D eigenvalue weighted by atomic mass is 9.87. The Labute approximate surface area is 169 Å². The first-order valence-corrected chi connectivity index (χ1v) is 9.29. The molecule has 0 saturated carbocycles. The Morgan fingerprint density at radius 2 is 1.59 bits per heavy atom. The van der Waals surface area contributed by atoms with E-state index in [1.807, 2.05) is 0 Å². The third-order valence-corrected chi connectivity index (χ3v) is 4.09. The number of hydrogen-bond acceptors (Lipinski definition) is 8. The zero-order valence-electron chi connectivity index (χ0n) is 17.0. The summed E-state index contributed by atoms with van der Waals surface area (Å²) in [7, 11) is 0. The van der Waals surface area contributed by atoms with Gasteiger partial charge in [-0.3, -0.25) is 19.2 Å². The number of carboxylic acid groups (broad SMARTS) is 1. The second-order valence-corrected chi connectivity index (χ2v) is 6.49. The van der Waals surface area contributed by atoms with Crippen LogP contribution in [0.15, 0.2) is 18.2 Å². The zero-order chi connectivity index (χ0) is 22.1. The van der Waals surface area contributed by atoms with Crippen LogP contribution in [0.5, 0.6) is 11.5 Å². The maximum atomic E-state index is 11.8. The maximum absolute atomic E-state index is 11.8. The molecule has 160 valence electrons. The first-order valence-electron chi connectivity index (χ1n) is 9.29. The van der Waals surface area contributed by atoms with Crippen molar-refractivity contribution in [2.75, 3.05) is 0 Å². The number of carbonyl (C=O) groups is 4. The van der Waals surface area contributed by atoms with Gasteiger partial charge in [-0.15, -0.1) is 0 Å². The molecule has 0 radical (unpaired) electrons. The van der Waals surface area contributed by atoms with Crippen LogP contribution in [0.25, 0.3) is 0 Å². The summed E-state index contributed by atoms with van der Waals surface area (Å²) in [6.45, 7) is 6.10. The van der Waals surface area contributed by atoms with Gasteiger partial charge < -0.3 is 25.1 Å². The Kier molecular flexibility index (Phi) is 9.27. The van der Waals surface area contributed by atoms with Crippen molar-refractivity contribution in [3.63, 3.8) is 0 Å². The number of nitrogens with two attached hydrogens (primary N) is 1. The summed E-state index contributed by atoms with van der Waals surface area (Å²) in [5.74, 6) is -3.54. The molecule has 3 atom stereocenters. The van der Waals surface area contributed by atoms with E-state index in [-0.39, 0.29) is 30.8 Å². The first kappa shape index (κ1) is 24.1. The SMILES string of the molecule is CCC(=O)Oc1ccc(C(CC(C)OC(C)=O)[C@H](N)C(=O)O)cc1OC(=O)CC. The van der Waals surface area contributed by atoms with Crippen molar-refractivity contribution in [3.05, 3.63) is 23.8 Å². The molecular formula is C20H27NO8. The number of carboxylic acids is 1. The molecule has 0 spiro atoms. The van der Waals surface area contributed by atoms with E-state index in [1.165, 1.54) is 25.1 Å². The standard InChI is InChI=1S/C20H27NO8/c1-5-17(23)28-15-8-7-13(10-16(15)29-18(24)6-2)14(19(21)20(25)26)9-11(3)27-12(4)22/h7-8,10-11,14,19H,5-6,9,21H2,1-4H3,(H,25,26)/t11?,14?,19-/m0/s1.